The van der Waals surface area contributed by atoms with Crippen LogP contribution < -0.4 is 18.9 Å². The number of hydrogen-bond acceptors (Lipinski definition) is 8. The number of para-hydroxylation sites is 2. The van der Waals surface area contributed by atoms with Crippen LogP contribution >= 0.6 is 0 Å². The summed E-state index contributed by atoms with van der Waals surface area (Å²) >= 11 is 0. The highest BCUT2D eigenvalue weighted by Gasteiger charge is 2.18. The van der Waals surface area contributed by atoms with Gasteiger partial charge < -0.3 is 18.9 Å². The number of carbonyl (C=O) groups is 2. The first-order valence-electron chi connectivity index (χ1n) is 8.88. The quantitative estimate of drug-likeness (QED) is 0.335. The minimum atomic E-state index is -0.711. The molecule has 3 aromatic rings. The predicted octanol–water partition coefficient (Wildman–Crippen LogP) is 4.15. The Morgan fingerprint density at radius 2 is 1.23 bits per heavy atom. The van der Waals surface area contributed by atoms with E-state index in [1.165, 1.54) is 55.0 Å². The first kappa shape index (κ1) is 20.9. The molecule has 0 aliphatic carbocycles. The molecule has 8 heteroatoms. The SMILES string of the molecule is Cc1cc(OC(=O)c2ccccc2OC#N)ccc1OC(=O)c1ccccc1OC#N. The summed E-state index contributed by atoms with van der Waals surface area (Å²) in [5.74, 6) is -0.808. The summed E-state index contributed by atoms with van der Waals surface area (Å²) in [6.07, 6.45) is 3.04. The van der Waals surface area contributed by atoms with E-state index in [1.54, 1.807) is 31.2 Å². The van der Waals surface area contributed by atoms with Gasteiger partial charge in [0.2, 0.25) is 0 Å². The highest BCUT2D eigenvalue weighted by Crippen LogP contribution is 2.27. The zero-order valence-electron chi connectivity index (χ0n) is 16.2. The number of rotatable bonds is 6. The molecule has 0 bridgehead atoms. The lowest BCUT2D eigenvalue weighted by molar-refractivity contribution is 0.0715. The van der Waals surface area contributed by atoms with E-state index in [4.69, 9.17) is 29.5 Å². The molecule has 0 amide bonds. The molecule has 0 aliphatic rings. The maximum Gasteiger partial charge on any atom is 0.347 e. The van der Waals surface area contributed by atoms with Gasteiger partial charge >= 0.3 is 11.9 Å². The van der Waals surface area contributed by atoms with Crippen LogP contribution in [0.15, 0.2) is 66.7 Å². The van der Waals surface area contributed by atoms with Gasteiger partial charge in [-0.3, -0.25) is 0 Å². The molecule has 0 unspecified atom stereocenters. The standard InChI is InChI=1S/C23H14N2O6/c1-15-12-16(30-22(26)17-6-2-4-8-20(17)28-13-24)10-11-19(15)31-23(27)18-7-3-5-9-21(18)29-14-25/h2-12H,1H3. The normalized spacial score (nSPS) is 9.65. The van der Waals surface area contributed by atoms with Crippen molar-refractivity contribution < 1.29 is 28.5 Å². The van der Waals surface area contributed by atoms with Crippen LogP contribution in [0, 0.1) is 30.0 Å². The molecule has 0 fully saturated rings. The molecule has 0 aromatic heterocycles. The van der Waals surface area contributed by atoms with Crippen molar-refractivity contribution in [2.24, 2.45) is 0 Å². The molecule has 8 nitrogen and oxygen atoms in total. The van der Waals surface area contributed by atoms with E-state index in [2.05, 4.69) is 0 Å². The van der Waals surface area contributed by atoms with Crippen LogP contribution in [0.3, 0.4) is 0 Å². The molecule has 152 valence electrons. The fourth-order valence-electron chi connectivity index (χ4n) is 2.66. The van der Waals surface area contributed by atoms with Crippen LogP contribution in [0.25, 0.3) is 0 Å². The lowest BCUT2D eigenvalue weighted by Crippen LogP contribution is -2.12. The molecule has 0 N–H and O–H groups in total. The minimum absolute atomic E-state index is 0.0792. The third kappa shape index (κ3) is 4.97. The van der Waals surface area contributed by atoms with Crippen molar-refractivity contribution >= 4 is 11.9 Å². The average Bonchev–Trinajstić information content (AvgIpc) is 2.77. The highest BCUT2D eigenvalue weighted by molar-refractivity contribution is 5.95. The number of benzene rings is 3. The molecule has 31 heavy (non-hydrogen) atoms. The van der Waals surface area contributed by atoms with Gasteiger partial charge in [0, 0.05) is 0 Å². The van der Waals surface area contributed by atoms with Gasteiger partial charge in [0.05, 0.1) is 0 Å². The minimum Gasteiger partial charge on any atom is -0.423 e. The summed E-state index contributed by atoms with van der Waals surface area (Å²) in [5.41, 5.74) is 0.707. The first-order chi connectivity index (χ1) is 15.0. The number of hydrogen-bond donors (Lipinski definition) is 0. The molecule has 0 saturated carbocycles. The Bertz CT molecular complexity index is 1220. The maximum atomic E-state index is 12.5. The number of nitriles is 2. The number of esters is 2. The van der Waals surface area contributed by atoms with E-state index in [-0.39, 0.29) is 34.1 Å². The molecule has 0 spiro atoms. The van der Waals surface area contributed by atoms with Crippen molar-refractivity contribution in [1.82, 2.24) is 0 Å². The Morgan fingerprint density at radius 3 is 1.74 bits per heavy atom. The fraction of sp³-hybridized carbons (Fsp3) is 0.0435. The Labute approximate surface area is 177 Å². The molecular formula is C23H14N2O6. The number of carbonyl (C=O) groups excluding carboxylic acids is 2. The van der Waals surface area contributed by atoms with Crippen molar-refractivity contribution in [2.45, 2.75) is 6.92 Å². The predicted molar refractivity (Wildman–Crippen MR) is 106 cm³/mol. The van der Waals surface area contributed by atoms with Crippen LogP contribution in [-0.4, -0.2) is 11.9 Å². The largest absolute Gasteiger partial charge is 0.423 e. The van der Waals surface area contributed by atoms with Crippen LogP contribution in [0.2, 0.25) is 0 Å². The van der Waals surface area contributed by atoms with E-state index < -0.39 is 11.9 Å². The topological polar surface area (TPSA) is 119 Å². The van der Waals surface area contributed by atoms with E-state index in [0.29, 0.717) is 5.56 Å². The summed E-state index contributed by atoms with van der Waals surface area (Å²) in [4.78, 5) is 24.9. The van der Waals surface area contributed by atoms with Crippen LogP contribution in [0.1, 0.15) is 26.3 Å². The Kier molecular flexibility index (Phi) is 6.47. The Morgan fingerprint density at radius 1 is 0.710 bits per heavy atom. The third-order valence-electron chi connectivity index (χ3n) is 4.08. The fourth-order valence-corrected chi connectivity index (χ4v) is 2.66. The van der Waals surface area contributed by atoms with Gasteiger partial charge in [-0.25, -0.2) is 9.59 Å². The molecule has 0 heterocycles. The molecule has 0 atom stereocenters. The lowest BCUT2D eigenvalue weighted by atomic mass is 10.2. The second-order valence-electron chi connectivity index (χ2n) is 6.09. The summed E-state index contributed by atoms with van der Waals surface area (Å²) in [5, 5.41) is 17.4. The van der Waals surface area contributed by atoms with Gasteiger partial charge in [0.1, 0.15) is 22.6 Å². The molecule has 3 aromatic carbocycles. The zero-order valence-corrected chi connectivity index (χ0v) is 16.2. The molecule has 0 saturated heterocycles. The molecule has 3 rings (SSSR count). The Hall–Kier alpha value is -4.82. The second kappa shape index (κ2) is 9.59. The van der Waals surface area contributed by atoms with E-state index in [0.717, 1.165) is 0 Å². The van der Waals surface area contributed by atoms with E-state index in [9.17, 15) is 9.59 Å². The van der Waals surface area contributed by atoms with Gasteiger partial charge in [-0.1, -0.05) is 24.3 Å². The van der Waals surface area contributed by atoms with Gasteiger partial charge in [0.25, 0.3) is 12.5 Å². The van der Waals surface area contributed by atoms with Crippen LogP contribution in [0.5, 0.6) is 23.0 Å². The van der Waals surface area contributed by atoms with Gasteiger partial charge in [-0.2, -0.15) is 0 Å². The first-order valence-corrected chi connectivity index (χ1v) is 8.88. The smallest absolute Gasteiger partial charge is 0.347 e. The lowest BCUT2D eigenvalue weighted by Gasteiger charge is -2.11. The van der Waals surface area contributed by atoms with Crippen LogP contribution in [0.4, 0.5) is 0 Å². The monoisotopic (exact) mass is 414 g/mol. The summed E-state index contributed by atoms with van der Waals surface area (Å²) < 4.78 is 20.3. The molecular weight excluding hydrogens is 400 g/mol. The summed E-state index contributed by atoms with van der Waals surface area (Å²) in [7, 11) is 0. The third-order valence-corrected chi connectivity index (χ3v) is 4.08. The van der Waals surface area contributed by atoms with Crippen molar-refractivity contribution in [2.75, 3.05) is 0 Å². The maximum absolute atomic E-state index is 12.5. The number of ether oxygens (including phenoxy) is 4. The van der Waals surface area contributed by atoms with Gasteiger partial charge in [-0.15, -0.1) is 10.5 Å². The summed E-state index contributed by atoms with van der Waals surface area (Å²) in [6.45, 7) is 1.67. The van der Waals surface area contributed by atoms with Crippen LogP contribution in [-0.2, 0) is 0 Å². The Balaban J connectivity index is 1.75. The van der Waals surface area contributed by atoms with E-state index >= 15 is 0 Å². The van der Waals surface area contributed by atoms with Crippen molar-refractivity contribution in [3.63, 3.8) is 0 Å². The van der Waals surface area contributed by atoms with Gasteiger partial charge in [-0.05, 0) is 55.0 Å². The number of nitrogens with zero attached hydrogens (tertiary/aromatic N) is 2. The van der Waals surface area contributed by atoms with Crippen molar-refractivity contribution in [3.05, 3.63) is 83.4 Å². The van der Waals surface area contributed by atoms with Crippen molar-refractivity contribution in [1.29, 1.82) is 10.5 Å². The molecule has 0 aliphatic heterocycles. The second-order valence-corrected chi connectivity index (χ2v) is 6.09. The average molecular weight is 414 g/mol. The highest BCUT2D eigenvalue weighted by atomic mass is 16.5. The van der Waals surface area contributed by atoms with E-state index in [1.807, 2.05) is 0 Å². The van der Waals surface area contributed by atoms with Gasteiger partial charge in [0.15, 0.2) is 11.5 Å². The zero-order chi connectivity index (χ0) is 22.2. The molecule has 0 radical (unpaired) electrons. The summed E-state index contributed by atoms with van der Waals surface area (Å²) in [6, 6.07) is 16.8. The van der Waals surface area contributed by atoms with Crippen molar-refractivity contribution in [3.8, 4) is 35.5 Å². The number of aryl methyl sites for hydroxylation is 1.